The molecule has 6 heteroatoms. The number of ether oxygens (including phenoxy) is 3. The van der Waals surface area contributed by atoms with Crippen LogP contribution in [0.3, 0.4) is 0 Å². The zero-order valence-corrected chi connectivity index (χ0v) is 36.7. The highest BCUT2D eigenvalue weighted by atomic mass is 16.6. The van der Waals surface area contributed by atoms with Crippen molar-refractivity contribution in [3.05, 3.63) is 24.3 Å². The predicted octanol–water partition coefficient (Wildman–Crippen LogP) is 15.2. The molecule has 322 valence electrons. The van der Waals surface area contributed by atoms with E-state index < -0.39 is 6.10 Å². The number of unbranched alkanes of at least 4 members (excludes halogenated alkanes) is 28. The zero-order chi connectivity index (χ0) is 40.1. The molecule has 0 unspecified atom stereocenters. The Morgan fingerprint density at radius 2 is 0.600 bits per heavy atom. The Balaban J connectivity index is 4.33. The fourth-order valence-corrected chi connectivity index (χ4v) is 6.78. The lowest BCUT2D eigenvalue weighted by molar-refractivity contribution is -0.167. The third kappa shape index (κ3) is 42.9. The Bertz CT molecular complexity index is 896. The lowest BCUT2D eigenvalue weighted by Crippen LogP contribution is -2.30. The smallest absolute Gasteiger partial charge is 0.306 e. The minimum atomic E-state index is -0.772. The van der Waals surface area contributed by atoms with Gasteiger partial charge in [-0.05, 0) is 70.6 Å². The number of rotatable bonds is 43. The van der Waals surface area contributed by atoms with Gasteiger partial charge in [0.1, 0.15) is 13.2 Å². The highest BCUT2D eigenvalue weighted by Crippen LogP contribution is 2.14. The van der Waals surface area contributed by atoms with Gasteiger partial charge in [0, 0.05) is 19.3 Å². The first-order chi connectivity index (χ1) is 27.0. The average Bonchev–Trinajstić information content (AvgIpc) is 3.18. The van der Waals surface area contributed by atoms with Crippen molar-refractivity contribution in [2.24, 2.45) is 0 Å². The van der Waals surface area contributed by atoms with Crippen molar-refractivity contribution in [2.75, 3.05) is 13.2 Å². The van der Waals surface area contributed by atoms with Gasteiger partial charge in [0.25, 0.3) is 0 Å². The number of allylic oxidation sites excluding steroid dienone is 4. The lowest BCUT2D eigenvalue weighted by atomic mass is 10.1. The maximum atomic E-state index is 12.7. The van der Waals surface area contributed by atoms with Crippen LogP contribution in [-0.2, 0) is 28.6 Å². The molecule has 0 saturated carbocycles. The molecule has 0 aromatic carbocycles. The first-order valence-electron chi connectivity index (χ1n) is 23.8. The number of carbonyl (C=O) groups is 3. The molecule has 55 heavy (non-hydrogen) atoms. The highest BCUT2D eigenvalue weighted by molar-refractivity contribution is 5.71. The van der Waals surface area contributed by atoms with Crippen molar-refractivity contribution in [1.82, 2.24) is 0 Å². The quantitative estimate of drug-likeness (QED) is 0.0266. The summed E-state index contributed by atoms with van der Waals surface area (Å²) in [6.07, 6.45) is 48.7. The molecule has 0 aliphatic heterocycles. The Kier molecular flexibility index (Phi) is 42.9. The van der Waals surface area contributed by atoms with Crippen LogP contribution in [0.5, 0.6) is 0 Å². The molecule has 0 rings (SSSR count). The van der Waals surface area contributed by atoms with Crippen LogP contribution in [-0.4, -0.2) is 37.2 Å². The number of hydrogen-bond donors (Lipinski definition) is 0. The summed E-state index contributed by atoms with van der Waals surface area (Å²) < 4.78 is 16.7. The van der Waals surface area contributed by atoms with Crippen molar-refractivity contribution >= 4 is 17.9 Å². The molecule has 0 N–H and O–H groups in total. The van der Waals surface area contributed by atoms with E-state index in [1.807, 2.05) is 0 Å². The third-order valence-corrected chi connectivity index (χ3v) is 10.4. The van der Waals surface area contributed by atoms with Crippen LogP contribution < -0.4 is 0 Å². The van der Waals surface area contributed by atoms with E-state index in [4.69, 9.17) is 14.2 Å². The molecular formula is C49H90O6. The molecule has 0 radical (unpaired) electrons. The molecular weight excluding hydrogens is 685 g/mol. The summed E-state index contributed by atoms with van der Waals surface area (Å²) in [5.41, 5.74) is 0. The molecule has 0 fully saturated rings. The van der Waals surface area contributed by atoms with Crippen LogP contribution in [0.15, 0.2) is 24.3 Å². The van der Waals surface area contributed by atoms with E-state index in [-0.39, 0.29) is 31.1 Å². The zero-order valence-electron chi connectivity index (χ0n) is 36.7. The van der Waals surface area contributed by atoms with E-state index in [1.54, 1.807) is 0 Å². The summed E-state index contributed by atoms with van der Waals surface area (Å²) in [6.45, 7) is 6.58. The molecule has 0 spiro atoms. The summed E-state index contributed by atoms with van der Waals surface area (Å²) >= 11 is 0. The molecule has 0 aromatic heterocycles. The SMILES string of the molecule is CCCCC/C=C\CCCCCCCC(=O)O[C@@H](COC(=O)CCCCCCC/C=C\CCCCCCCCC)COC(=O)CCCCCCCCCCC. The molecule has 0 bridgehead atoms. The van der Waals surface area contributed by atoms with Crippen LogP contribution in [0.25, 0.3) is 0 Å². The van der Waals surface area contributed by atoms with Gasteiger partial charge < -0.3 is 14.2 Å². The average molecular weight is 775 g/mol. The molecule has 0 aliphatic carbocycles. The number of carbonyl (C=O) groups excluding carboxylic acids is 3. The van der Waals surface area contributed by atoms with Gasteiger partial charge in [0.2, 0.25) is 0 Å². The normalized spacial score (nSPS) is 12.1. The van der Waals surface area contributed by atoms with Gasteiger partial charge in [-0.25, -0.2) is 0 Å². The predicted molar refractivity (Wildman–Crippen MR) is 233 cm³/mol. The Labute approximate surface area is 341 Å². The molecule has 0 saturated heterocycles. The monoisotopic (exact) mass is 775 g/mol. The van der Waals surface area contributed by atoms with E-state index in [9.17, 15) is 14.4 Å². The second-order valence-corrected chi connectivity index (χ2v) is 16.0. The summed E-state index contributed by atoms with van der Waals surface area (Å²) in [5, 5.41) is 0. The maximum absolute atomic E-state index is 12.7. The van der Waals surface area contributed by atoms with Crippen molar-refractivity contribution in [3.63, 3.8) is 0 Å². The molecule has 0 aromatic rings. The van der Waals surface area contributed by atoms with Gasteiger partial charge in [-0.1, -0.05) is 186 Å². The van der Waals surface area contributed by atoms with Crippen LogP contribution >= 0.6 is 0 Å². The topological polar surface area (TPSA) is 78.9 Å². The fraction of sp³-hybridized carbons (Fsp3) is 0.857. The molecule has 0 aliphatic rings. The van der Waals surface area contributed by atoms with Crippen molar-refractivity contribution in [1.29, 1.82) is 0 Å². The van der Waals surface area contributed by atoms with Gasteiger partial charge in [-0.2, -0.15) is 0 Å². The minimum absolute atomic E-state index is 0.0747. The standard InChI is InChI=1S/C49H90O6/c1-4-7-10-13-16-19-21-23-24-25-26-28-30-33-36-39-42-48(51)54-45-46(44-53-47(50)41-38-35-32-29-18-15-12-9-6-3)55-49(52)43-40-37-34-31-27-22-20-17-14-11-8-5-2/h17,20,24-25,46H,4-16,18-19,21-23,26-45H2,1-3H3/b20-17-,25-24-/t46-/m1/s1. The largest absolute Gasteiger partial charge is 0.462 e. The first kappa shape index (κ1) is 52.9. The van der Waals surface area contributed by atoms with E-state index in [0.29, 0.717) is 19.3 Å². The lowest BCUT2D eigenvalue weighted by Gasteiger charge is -2.18. The van der Waals surface area contributed by atoms with Gasteiger partial charge in [-0.15, -0.1) is 0 Å². The summed E-state index contributed by atoms with van der Waals surface area (Å²) in [4.78, 5) is 37.7. The van der Waals surface area contributed by atoms with E-state index in [2.05, 4.69) is 45.1 Å². The summed E-state index contributed by atoms with van der Waals surface area (Å²) in [5.74, 6) is -0.889. The second-order valence-electron chi connectivity index (χ2n) is 16.0. The third-order valence-electron chi connectivity index (χ3n) is 10.4. The maximum Gasteiger partial charge on any atom is 0.306 e. The molecule has 0 amide bonds. The molecule has 1 atom stereocenters. The van der Waals surface area contributed by atoms with Gasteiger partial charge in [0.05, 0.1) is 0 Å². The van der Waals surface area contributed by atoms with E-state index in [1.165, 1.54) is 141 Å². The minimum Gasteiger partial charge on any atom is -0.462 e. The molecule has 0 heterocycles. The van der Waals surface area contributed by atoms with E-state index in [0.717, 1.165) is 70.6 Å². The fourth-order valence-electron chi connectivity index (χ4n) is 6.78. The number of esters is 3. The van der Waals surface area contributed by atoms with Crippen LogP contribution in [0.4, 0.5) is 0 Å². The van der Waals surface area contributed by atoms with Gasteiger partial charge in [-0.3, -0.25) is 14.4 Å². The van der Waals surface area contributed by atoms with Crippen molar-refractivity contribution in [2.45, 2.75) is 258 Å². The van der Waals surface area contributed by atoms with Crippen molar-refractivity contribution < 1.29 is 28.6 Å². The summed E-state index contributed by atoms with van der Waals surface area (Å²) in [7, 11) is 0. The Morgan fingerprint density at radius 1 is 0.345 bits per heavy atom. The van der Waals surface area contributed by atoms with Crippen LogP contribution in [0, 0.1) is 0 Å². The van der Waals surface area contributed by atoms with Crippen molar-refractivity contribution in [3.8, 4) is 0 Å². The van der Waals surface area contributed by atoms with Crippen LogP contribution in [0.1, 0.15) is 252 Å². The van der Waals surface area contributed by atoms with Crippen LogP contribution in [0.2, 0.25) is 0 Å². The van der Waals surface area contributed by atoms with E-state index >= 15 is 0 Å². The summed E-state index contributed by atoms with van der Waals surface area (Å²) in [6, 6.07) is 0. The van der Waals surface area contributed by atoms with Gasteiger partial charge >= 0.3 is 17.9 Å². The molecule has 6 nitrogen and oxygen atoms in total. The van der Waals surface area contributed by atoms with Gasteiger partial charge in [0.15, 0.2) is 6.10 Å². The second kappa shape index (κ2) is 44.6. The Hall–Kier alpha value is -2.11. The first-order valence-corrected chi connectivity index (χ1v) is 23.8. The number of hydrogen-bond acceptors (Lipinski definition) is 6. The Morgan fingerprint density at radius 3 is 0.945 bits per heavy atom. The highest BCUT2D eigenvalue weighted by Gasteiger charge is 2.19.